The molecule has 2 heterocycles. The van der Waals surface area contributed by atoms with Crippen molar-refractivity contribution in [2.24, 2.45) is 0 Å². The summed E-state index contributed by atoms with van der Waals surface area (Å²) in [5.74, 6) is 0. The van der Waals surface area contributed by atoms with E-state index in [0.29, 0.717) is 6.04 Å². The fourth-order valence-corrected chi connectivity index (χ4v) is 2.44. The molecule has 0 spiro atoms. The van der Waals surface area contributed by atoms with Crippen LogP contribution in [0.3, 0.4) is 0 Å². The van der Waals surface area contributed by atoms with Crippen LogP contribution in [0.4, 0.5) is 0 Å². The van der Waals surface area contributed by atoms with Gasteiger partial charge in [0.25, 0.3) is 0 Å². The summed E-state index contributed by atoms with van der Waals surface area (Å²) in [4.78, 5) is 0. The average Bonchev–Trinajstić information content (AvgIpc) is 2.74. The molecule has 4 heteroatoms. The van der Waals surface area contributed by atoms with E-state index in [1.807, 2.05) is 33.5 Å². The third kappa shape index (κ3) is 1.85. The summed E-state index contributed by atoms with van der Waals surface area (Å²) in [5, 5.41) is 4.47. The fourth-order valence-electron chi connectivity index (χ4n) is 2.25. The highest BCUT2D eigenvalue weighted by atomic mass is 35.5. The molecule has 0 radical (unpaired) electrons. The van der Waals surface area contributed by atoms with Crippen LogP contribution in [0.15, 0.2) is 36.5 Å². The molecule has 1 aliphatic heterocycles. The van der Waals surface area contributed by atoms with Gasteiger partial charge in [0.05, 0.1) is 17.6 Å². The molecule has 0 amide bonds. The summed E-state index contributed by atoms with van der Waals surface area (Å²) in [6.07, 6.45) is 2.86. The summed E-state index contributed by atoms with van der Waals surface area (Å²) in [5.41, 5.74) is 3.62. The predicted octanol–water partition coefficient (Wildman–Crippen LogP) is 2.77. The molecule has 0 saturated heterocycles. The zero-order valence-electron chi connectivity index (χ0n) is 9.68. The van der Waals surface area contributed by atoms with Crippen molar-refractivity contribution in [2.45, 2.75) is 25.9 Å². The highest BCUT2D eigenvalue weighted by Gasteiger charge is 2.25. The number of hydrogen-bond donors (Lipinski definition) is 0. The highest BCUT2D eigenvalue weighted by Crippen LogP contribution is 2.26. The number of para-hydroxylation sites is 1. The summed E-state index contributed by atoms with van der Waals surface area (Å²) in [6, 6.07) is 10.6. The second kappa shape index (κ2) is 4.17. The van der Waals surface area contributed by atoms with Gasteiger partial charge in [-0.15, -0.1) is 0 Å². The van der Waals surface area contributed by atoms with Crippen molar-refractivity contribution in [3.63, 3.8) is 0 Å². The summed E-state index contributed by atoms with van der Waals surface area (Å²) in [6.45, 7) is 2.91. The van der Waals surface area contributed by atoms with Gasteiger partial charge in [-0.1, -0.05) is 18.2 Å². The van der Waals surface area contributed by atoms with Gasteiger partial charge in [0, 0.05) is 24.6 Å². The Bertz CT molecular complexity index is 521. The molecule has 1 aliphatic rings. The molecule has 2 aromatic rings. The first-order valence-electron chi connectivity index (χ1n) is 5.79. The number of nitrogens with zero attached hydrogens (tertiary/aromatic N) is 3. The van der Waals surface area contributed by atoms with Crippen LogP contribution in [-0.4, -0.2) is 20.2 Å². The second-order valence-corrected chi connectivity index (χ2v) is 4.91. The third-order valence-corrected chi connectivity index (χ3v) is 3.70. The van der Waals surface area contributed by atoms with Crippen LogP contribution in [0.2, 0.25) is 0 Å². The van der Waals surface area contributed by atoms with E-state index in [-0.39, 0.29) is 0 Å². The molecule has 1 unspecified atom stereocenters. The minimum atomic E-state index is 0.350. The first-order chi connectivity index (χ1) is 8.25. The van der Waals surface area contributed by atoms with Crippen LogP contribution < -0.4 is 0 Å². The largest absolute Gasteiger partial charge is 0.237 e. The highest BCUT2D eigenvalue weighted by molar-refractivity contribution is 6.13. The third-order valence-electron chi connectivity index (χ3n) is 3.24. The summed E-state index contributed by atoms with van der Waals surface area (Å²) < 4.78 is 3.87. The predicted molar refractivity (Wildman–Crippen MR) is 68.1 cm³/mol. The molecular formula is C13H14ClN3. The molecule has 0 saturated carbocycles. The molecular weight excluding hydrogens is 234 g/mol. The molecule has 1 atom stereocenters. The molecule has 0 aliphatic carbocycles. The Labute approximate surface area is 106 Å². The van der Waals surface area contributed by atoms with Crippen LogP contribution in [0, 0.1) is 0 Å². The van der Waals surface area contributed by atoms with Crippen LogP contribution in [0.25, 0.3) is 5.69 Å². The molecule has 1 aromatic heterocycles. The van der Waals surface area contributed by atoms with E-state index >= 15 is 0 Å². The van der Waals surface area contributed by atoms with Gasteiger partial charge in [0.15, 0.2) is 0 Å². The maximum atomic E-state index is 6.15. The van der Waals surface area contributed by atoms with Gasteiger partial charge < -0.3 is 0 Å². The van der Waals surface area contributed by atoms with E-state index in [1.165, 1.54) is 11.3 Å². The summed E-state index contributed by atoms with van der Waals surface area (Å²) in [7, 11) is 0. The van der Waals surface area contributed by atoms with Crippen molar-refractivity contribution in [2.75, 3.05) is 0 Å². The molecule has 0 bridgehead atoms. The maximum Gasteiger partial charge on any atom is 0.0648 e. The van der Waals surface area contributed by atoms with E-state index in [1.54, 1.807) is 0 Å². The minimum absolute atomic E-state index is 0.350. The molecule has 3 rings (SSSR count). The Balaban J connectivity index is 2.04. The number of rotatable bonds is 1. The van der Waals surface area contributed by atoms with Gasteiger partial charge in [-0.2, -0.15) is 5.10 Å². The SMILES string of the molecule is CC1Cc2c(cnn2-c2ccccc2)CN1Cl. The van der Waals surface area contributed by atoms with E-state index in [9.17, 15) is 0 Å². The zero-order valence-corrected chi connectivity index (χ0v) is 10.4. The Kier molecular flexibility index (Phi) is 2.65. The summed E-state index contributed by atoms with van der Waals surface area (Å²) >= 11 is 6.15. The minimum Gasteiger partial charge on any atom is -0.237 e. The molecule has 0 N–H and O–H groups in total. The monoisotopic (exact) mass is 247 g/mol. The van der Waals surface area contributed by atoms with Gasteiger partial charge in [-0.25, -0.2) is 9.10 Å². The van der Waals surface area contributed by atoms with Crippen molar-refractivity contribution < 1.29 is 0 Å². The van der Waals surface area contributed by atoms with Crippen LogP contribution in [0.5, 0.6) is 0 Å². The van der Waals surface area contributed by atoms with Gasteiger partial charge in [-0.3, -0.25) is 0 Å². The van der Waals surface area contributed by atoms with Gasteiger partial charge in [-0.05, 0) is 30.8 Å². The zero-order chi connectivity index (χ0) is 11.8. The van der Waals surface area contributed by atoms with Gasteiger partial charge in [0.1, 0.15) is 0 Å². The first-order valence-corrected chi connectivity index (χ1v) is 6.13. The Morgan fingerprint density at radius 2 is 2.06 bits per heavy atom. The number of fused-ring (bicyclic) bond motifs is 1. The van der Waals surface area contributed by atoms with Crippen LogP contribution >= 0.6 is 11.8 Å². The van der Waals surface area contributed by atoms with Gasteiger partial charge in [0.2, 0.25) is 0 Å². The molecule has 1 aromatic carbocycles. The topological polar surface area (TPSA) is 21.1 Å². The average molecular weight is 248 g/mol. The molecule has 3 nitrogen and oxygen atoms in total. The van der Waals surface area contributed by atoms with Crippen molar-refractivity contribution in [3.05, 3.63) is 47.8 Å². The lowest BCUT2D eigenvalue weighted by atomic mass is 10.0. The van der Waals surface area contributed by atoms with Crippen molar-refractivity contribution >= 4 is 11.8 Å². The quantitative estimate of drug-likeness (QED) is 0.723. The van der Waals surface area contributed by atoms with Crippen molar-refractivity contribution in [3.8, 4) is 5.69 Å². The Morgan fingerprint density at radius 1 is 1.29 bits per heavy atom. The number of aromatic nitrogens is 2. The van der Waals surface area contributed by atoms with E-state index < -0.39 is 0 Å². The van der Waals surface area contributed by atoms with E-state index in [4.69, 9.17) is 11.8 Å². The van der Waals surface area contributed by atoms with Crippen molar-refractivity contribution in [1.29, 1.82) is 0 Å². The second-order valence-electron chi connectivity index (χ2n) is 4.47. The smallest absolute Gasteiger partial charge is 0.0648 e. The van der Waals surface area contributed by atoms with E-state index in [2.05, 4.69) is 24.2 Å². The number of halogens is 1. The Morgan fingerprint density at radius 3 is 2.82 bits per heavy atom. The lowest BCUT2D eigenvalue weighted by Gasteiger charge is -2.27. The van der Waals surface area contributed by atoms with E-state index in [0.717, 1.165) is 18.7 Å². The molecule has 88 valence electrons. The standard InChI is InChI=1S/C13H14ClN3/c1-10-7-13-11(9-16(10)14)8-15-17(13)12-5-3-2-4-6-12/h2-6,8,10H,7,9H2,1H3. The maximum absolute atomic E-state index is 6.15. The Hall–Kier alpha value is -1.32. The van der Waals surface area contributed by atoms with Crippen LogP contribution in [0.1, 0.15) is 18.2 Å². The normalized spacial score (nSPS) is 20.2. The first kappa shape index (κ1) is 10.8. The van der Waals surface area contributed by atoms with Gasteiger partial charge >= 0.3 is 0 Å². The number of benzene rings is 1. The fraction of sp³-hybridized carbons (Fsp3) is 0.308. The molecule has 17 heavy (non-hydrogen) atoms. The van der Waals surface area contributed by atoms with Crippen LogP contribution in [-0.2, 0) is 13.0 Å². The molecule has 0 fully saturated rings. The lowest BCUT2D eigenvalue weighted by molar-refractivity contribution is 0.325. The lowest BCUT2D eigenvalue weighted by Crippen LogP contribution is -2.31. The number of hydrogen-bond acceptors (Lipinski definition) is 2. The van der Waals surface area contributed by atoms with Crippen molar-refractivity contribution in [1.82, 2.24) is 14.2 Å².